The van der Waals surface area contributed by atoms with E-state index >= 15 is 0 Å². The first-order chi connectivity index (χ1) is 16.0. The largest absolute Gasteiger partial charge is 0.496 e. The van der Waals surface area contributed by atoms with Crippen LogP contribution in [0, 0.1) is 6.92 Å². The van der Waals surface area contributed by atoms with Crippen LogP contribution in [0.4, 0.5) is 0 Å². The molecule has 33 heavy (non-hydrogen) atoms. The Balaban J connectivity index is 1.59. The maximum Gasteiger partial charge on any atom is 0.363 e. The number of nitrogens with zero attached hydrogens (tertiary/aromatic N) is 1. The van der Waals surface area contributed by atoms with Gasteiger partial charge in [0.25, 0.3) is 0 Å². The average molecular weight is 443 g/mol. The molecule has 3 aromatic carbocycles. The van der Waals surface area contributed by atoms with Crippen LogP contribution >= 0.6 is 0 Å². The van der Waals surface area contributed by atoms with Crippen molar-refractivity contribution in [3.05, 3.63) is 94.7 Å². The van der Waals surface area contributed by atoms with Gasteiger partial charge in [-0.05, 0) is 54.5 Å². The molecule has 4 rings (SSSR count). The van der Waals surface area contributed by atoms with Crippen molar-refractivity contribution < 1.29 is 28.5 Å². The molecule has 1 aliphatic heterocycles. The quantitative estimate of drug-likeness (QED) is 0.315. The van der Waals surface area contributed by atoms with Crippen molar-refractivity contribution in [1.29, 1.82) is 0 Å². The fourth-order valence-corrected chi connectivity index (χ4v) is 3.32. The van der Waals surface area contributed by atoms with Crippen LogP contribution in [0.5, 0.6) is 17.2 Å². The Kier molecular flexibility index (Phi) is 6.22. The Hall–Kier alpha value is -4.39. The molecular weight excluding hydrogens is 422 g/mol. The van der Waals surface area contributed by atoms with E-state index in [0.717, 1.165) is 11.1 Å². The summed E-state index contributed by atoms with van der Waals surface area (Å²) in [6.07, 6.45) is 1.59. The van der Waals surface area contributed by atoms with Gasteiger partial charge in [0.05, 0.1) is 14.2 Å². The third kappa shape index (κ3) is 4.62. The maximum atomic E-state index is 12.6. The highest BCUT2D eigenvalue weighted by Crippen LogP contribution is 2.31. The molecule has 1 heterocycles. The van der Waals surface area contributed by atoms with E-state index in [1.807, 2.05) is 31.2 Å². The molecule has 0 N–H and O–H groups in total. The summed E-state index contributed by atoms with van der Waals surface area (Å²) in [4.78, 5) is 29.3. The fourth-order valence-electron chi connectivity index (χ4n) is 3.32. The summed E-state index contributed by atoms with van der Waals surface area (Å²) in [6, 6.07) is 19.2. The molecule has 0 bridgehead atoms. The van der Waals surface area contributed by atoms with Gasteiger partial charge in [0.15, 0.2) is 17.2 Å². The van der Waals surface area contributed by atoms with Crippen molar-refractivity contribution >= 4 is 23.9 Å². The highest BCUT2D eigenvalue weighted by atomic mass is 16.6. The lowest BCUT2D eigenvalue weighted by molar-refractivity contribution is -0.129. The first-order valence-electron chi connectivity index (χ1n) is 10.1. The third-order valence-electron chi connectivity index (χ3n) is 5.02. The molecule has 0 radical (unpaired) electrons. The first-order valence-corrected chi connectivity index (χ1v) is 10.1. The van der Waals surface area contributed by atoms with Gasteiger partial charge in [0.2, 0.25) is 5.90 Å². The van der Waals surface area contributed by atoms with E-state index in [0.29, 0.717) is 22.6 Å². The van der Waals surface area contributed by atoms with E-state index in [4.69, 9.17) is 18.9 Å². The van der Waals surface area contributed by atoms with Gasteiger partial charge in [-0.2, -0.15) is 0 Å². The molecule has 0 amide bonds. The molecule has 0 aliphatic carbocycles. The lowest BCUT2D eigenvalue weighted by Crippen LogP contribution is -2.10. The predicted molar refractivity (Wildman–Crippen MR) is 123 cm³/mol. The van der Waals surface area contributed by atoms with E-state index in [-0.39, 0.29) is 17.3 Å². The number of ether oxygens (including phenoxy) is 4. The van der Waals surface area contributed by atoms with Gasteiger partial charge in [-0.3, -0.25) is 0 Å². The van der Waals surface area contributed by atoms with Crippen LogP contribution in [0.15, 0.2) is 77.4 Å². The predicted octanol–water partition coefficient (Wildman–Crippen LogP) is 4.58. The minimum Gasteiger partial charge on any atom is -0.496 e. The number of benzene rings is 3. The number of hydrogen-bond donors (Lipinski definition) is 0. The Morgan fingerprint density at radius 3 is 2.39 bits per heavy atom. The molecule has 0 unspecified atom stereocenters. The second-order valence-corrected chi connectivity index (χ2v) is 7.15. The maximum absolute atomic E-state index is 12.6. The lowest BCUT2D eigenvalue weighted by Gasteiger charge is -2.11. The zero-order valence-electron chi connectivity index (χ0n) is 18.3. The molecule has 0 fully saturated rings. The van der Waals surface area contributed by atoms with Crippen LogP contribution < -0.4 is 14.2 Å². The zero-order chi connectivity index (χ0) is 23.4. The molecule has 0 saturated carbocycles. The van der Waals surface area contributed by atoms with Gasteiger partial charge in [-0.15, -0.1) is 0 Å². The molecule has 1 aliphatic rings. The molecule has 7 nitrogen and oxygen atoms in total. The summed E-state index contributed by atoms with van der Waals surface area (Å²) in [5.41, 5.74) is 2.79. The summed E-state index contributed by atoms with van der Waals surface area (Å²) < 4.78 is 21.5. The highest BCUT2D eigenvalue weighted by molar-refractivity contribution is 6.13. The van der Waals surface area contributed by atoms with Gasteiger partial charge in [0.1, 0.15) is 11.3 Å². The summed E-state index contributed by atoms with van der Waals surface area (Å²) in [6.45, 7) is 1.92. The molecule has 0 saturated heterocycles. The van der Waals surface area contributed by atoms with Gasteiger partial charge >= 0.3 is 11.9 Å². The monoisotopic (exact) mass is 443 g/mol. The number of aryl methyl sites for hydroxylation is 1. The average Bonchev–Trinajstić information content (AvgIpc) is 3.19. The number of cyclic esters (lactones) is 1. The minimum atomic E-state index is -0.580. The van der Waals surface area contributed by atoms with E-state index in [1.54, 1.807) is 48.5 Å². The molecule has 7 heteroatoms. The first kappa shape index (κ1) is 21.8. The van der Waals surface area contributed by atoms with Crippen LogP contribution in [0.25, 0.3) is 6.08 Å². The molecular formula is C26H21NO6. The van der Waals surface area contributed by atoms with E-state index in [2.05, 4.69) is 4.99 Å². The van der Waals surface area contributed by atoms with Gasteiger partial charge in [0, 0.05) is 5.56 Å². The number of aliphatic imine (C=N–C) groups is 1. The molecule has 166 valence electrons. The van der Waals surface area contributed by atoms with Crippen LogP contribution in [0.3, 0.4) is 0 Å². The molecule has 3 aromatic rings. The Morgan fingerprint density at radius 2 is 1.64 bits per heavy atom. The number of carbonyl (C=O) groups excluding carboxylic acids is 2. The van der Waals surface area contributed by atoms with Gasteiger partial charge in [-0.1, -0.05) is 36.4 Å². The normalized spacial score (nSPS) is 14.0. The van der Waals surface area contributed by atoms with Crippen LogP contribution in [-0.2, 0) is 9.53 Å². The van der Waals surface area contributed by atoms with Crippen LogP contribution in [0.1, 0.15) is 27.0 Å². The van der Waals surface area contributed by atoms with Crippen molar-refractivity contribution in [3.8, 4) is 17.2 Å². The van der Waals surface area contributed by atoms with Crippen molar-refractivity contribution in [1.82, 2.24) is 0 Å². The topological polar surface area (TPSA) is 83.4 Å². The van der Waals surface area contributed by atoms with Crippen molar-refractivity contribution in [2.24, 2.45) is 4.99 Å². The summed E-state index contributed by atoms with van der Waals surface area (Å²) in [7, 11) is 2.95. The number of carbonyl (C=O) groups is 2. The van der Waals surface area contributed by atoms with Gasteiger partial charge in [-0.25, -0.2) is 14.6 Å². The highest BCUT2D eigenvalue weighted by Gasteiger charge is 2.25. The van der Waals surface area contributed by atoms with Crippen LogP contribution in [0.2, 0.25) is 0 Å². The molecule has 0 atom stereocenters. The number of methoxy groups -OCH3 is 2. The van der Waals surface area contributed by atoms with Crippen molar-refractivity contribution in [3.63, 3.8) is 0 Å². The Labute approximate surface area is 190 Å². The SMILES string of the molecule is COc1cc(/C=C2/N=C(c3ccccc3C)OC2=O)ccc1OC(=O)c1ccccc1OC. The summed E-state index contributed by atoms with van der Waals surface area (Å²) in [5.74, 6) is 0.0990. The zero-order valence-corrected chi connectivity index (χ0v) is 18.3. The summed E-state index contributed by atoms with van der Waals surface area (Å²) >= 11 is 0. The summed E-state index contributed by atoms with van der Waals surface area (Å²) in [5, 5.41) is 0. The van der Waals surface area contributed by atoms with E-state index < -0.39 is 11.9 Å². The van der Waals surface area contributed by atoms with E-state index in [9.17, 15) is 9.59 Å². The standard InChI is InChI=1S/C26H21NO6/c1-16-8-4-5-9-18(16)24-27-20(26(29)33-24)14-17-12-13-22(23(15-17)31-3)32-25(28)19-10-6-7-11-21(19)30-2/h4-15H,1-3H3/b20-14+. The Bertz CT molecular complexity index is 1290. The lowest BCUT2D eigenvalue weighted by atomic mass is 10.1. The number of hydrogen-bond acceptors (Lipinski definition) is 7. The third-order valence-corrected chi connectivity index (χ3v) is 5.02. The Morgan fingerprint density at radius 1 is 0.909 bits per heavy atom. The van der Waals surface area contributed by atoms with Crippen molar-refractivity contribution in [2.75, 3.05) is 14.2 Å². The number of esters is 2. The van der Waals surface area contributed by atoms with Crippen molar-refractivity contribution in [2.45, 2.75) is 6.92 Å². The van der Waals surface area contributed by atoms with Gasteiger partial charge < -0.3 is 18.9 Å². The second kappa shape index (κ2) is 9.40. The molecule has 0 aromatic heterocycles. The van der Waals surface area contributed by atoms with Crippen LogP contribution in [-0.4, -0.2) is 32.1 Å². The number of rotatable bonds is 6. The van der Waals surface area contributed by atoms with E-state index in [1.165, 1.54) is 14.2 Å². The number of para-hydroxylation sites is 1. The minimum absolute atomic E-state index is 0.161. The second-order valence-electron chi connectivity index (χ2n) is 7.15. The smallest absolute Gasteiger partial charge is 0.363 e. The molecule has 0 spiro atoms. The fraction of sp³-hybridized carbons (Fsp3) is 0.115.